The van der Waals surface area contributed by atoms with Gasteiger partial charge in [0.05, 0.1) is 12.8 Å². The highest BCUT2D eigenvalue weighted by Crippen LogP contribution is 2.38. The molecule has 51 heavy (non-hydrogen) atoms. The molecular formula is C40H31BrN4O4S2. The van der Waals surface area contributed by atoms with Gasteiger partial charge in [-0.05, 0) is 77.9 Å². The average molecular weight is 776 g/mol. The summed E-state index contributed by atoms with van der Waals surface area (Å²) in [5.41, 5.74) is 4.15. The van der Waals surface area contributed by atoms with Gasteiger partial charge in [-0.15, -0.1) is 23.1 Å². The number of carbonyl (C=O) groups excluding carboxylic acids is 3. The number of anilines is 2. The molecule has 6 aromatic rings. The topological polar surface area (TPSA) is 109 Å². The summed E-state index contributed by atoms with van der Waals surface area (Å²) in [6, 6.07) is 40.4. The molecule has 254 valence electrons. The first kappa shape index (κ1) is 35.3. The number of carbonyl (C=O) groups is 3. The van der Waals surface area contributed by atoms with Crippen molar-refractivity contribution < 1.29 is 19.1 Å². The van der Waals surface area contributed by atoms with E-state index < -0.39 is 17.1 Å². The molecule has 0 radical (unpaired) electrons. The summed E-state index contributed by atoms with van der Waals surface area (Å²) >= 11 is 6.15. The minimum atomic E-state index is -0.584. The summed E-state index contributed by atoms with van der Waals surface area (Å²) in [5, 5.41) is 10.4. The van der Waals surface area contributed by atoms with E-state index in [0.29, 0.717) is 27.8 Å². The third kappa shape index (κ3) is 9.40. The molecule has 3 N–H and O–H groups in total. The summed E-state index contributed by atoms with van der Waals surface area (Å²) in [4.78, 5) is 45.7. The number of amides is 3. The van der Waals surface area contributed by atoms with Crippen LogP contribution >= 0.6 is 39.0 Å². The molecule has 0 aliphatic rings. The number of aromatic nitrogens is 1. The number of para-hydroxylation sites is 1. The van der Waals surface area contributed by atoms with E-state index in [9.17, 15) is 14.4 Å². The molecule has 1 unspecified atom stereocenters. The van der Waals surface area contributed by atoms with E-state index in [1.807, 2.05) is 102 Å². The van der Waals surface area contributed by atoms with Crippen LogP contribution in [0.2, 0.25) is 0 Å². The minimum absolute atomic E-state index is 0.0847. The van der Waals surface area contributed by atoms with Gasteiger partial charge in [0.25, 0.3) is 11.8 Å². The van der Waals surface area contributed by atoms with Crippen molar-refractivity contribution in [2.75, 3.05) is 17.7 Å². The van der Waals surface area contributed by atoms with Gasteiger partial charge < -0.3 is 20.7 Å². The maximum Gasteiger partial charge on any atom is 0.272 e. The fourth-order valence-corrected chi connectivity index (χ4v) is 7.00. The Kier molecular flexibility index (Phi) is 11.7. The van der Waals surface area contributed by atoms with E-state index in [1.54, 1.807) is 49.6 Å². The molecule has 0 saturated carbocycles. The summed E-state index contributed by atoms with van der Waals surface area (Å²) in [6.07, 6.45) is 1.62. The average Bonchev–Trinajstić information content (AvgIpc) is 3.63. The molecule has 3 amide bonds. The monoisotopic (exact) mass is 774 g/mol. The highest BCUT2D eigenvalue weighted by Gasteiger charge is 2.24. The highest BCUT2D eigenvalue weighted by molar-refractivity contribution is 9.10. The van der Waals surface area contributed by atoms with Gasteiger partial charge in [0.2, 0.25) is 5.91 Å². The zero-order chi connectivity index (χ0) is 35.6. The number of halogens is 1. The maximum absolute atomic E-state index is 13.7. The van der Waals surface area contributed by atoms with Gasteiger partial charge in [-0.3, -0.25) is 14.4 Å². The zero-order valence-corrected chi connectivity index (χ0v) is 30.4. The number of thiazole rings is 1. The lowest BCUT2D eigenvalue weighted by atomic mass is 10.1. The number of nitrogens with one attached hydrogen (secondary N) is 3. The molecule has 0 aliphatic carbocycles. The number of nitrogens with zero attached hydrogens (tertiary/aromatic N) is 1. The van der Waals surface area contributed by atoms with Crippen molar-refractivity contribution in [2.24, 2.45) is 0 Å². The fraction of sp³-hybridized carbons (Fsp3) is 0.0500. The van der Waals surface area contributed by atoms with Gasteiger partial charge in [-0.1, -0.05) is 88.7 Å². The van der Waals surface area contributed by atoms with Crippen LogP contribution in [0.3, 0.4) is 0 Å². The van der Waals surface area contributed by atoms with Crippen molar-refractivity contribution in [1.82, 2.24) is 10.3 Å². The van der Waals surface area contributed by atoms with Crippen LogP contribution in [0, 0.1) is 0 Å². The highest BCUT2D eigenvalue weighted by atomic mass is 79.9. The molecule has 1 atom stereocenters. The van der Waals surface area contributed by atoms with Crippen LogP contribution in [0.15, 0.2) is 154 Å². The van der Waals surface area contributed by atoms with E-state index in [2.05, 4.69) is 36.9 Å². The van der Waals surface area contributed by atoms with E-state index in [0.717, 1.165) is 26.1 Å². The van der Waals surface area contributed by atoms with Crippen LogP contribution < -0.4 is 20.7 Å². The SMILES string of the molecule is COc1ccccc1-c1csc(NC(=O)C(Sc2ccc(NC(=O)/C(=C/c3ccc(Br)cc3)NC(=O)c3ccccc3)cc2)c2ccccc2)n1. The molecular weight excluding hydrogens is 745 g/mol. The molecule has 0 aliphatic heterocycles. The Labute approximate surface area is 312 Å². The zero-order valence-electron chi connectivity index (χ0n) is 27.2. The second kappa shape index (κ2) is 16.9. The first-order chi connectivity index (χ1) is 24.9. The van der Waals surface area contributed by atoms with Crippen molar-refractivity contribution >= 4 is 73.6 Å². The molecule has 0 bridgehead atoms. The quantitative estimate of drug-likeness (QED) is 0.0845. The maximum atomic E-state index is 13.7. The molecule has 5 aromatic carbocycles. The third-order valence-corrected chi connectivity index (χ3v) is 10.1. The number of hydrogen-bond donors (Lipinski definition) is 3. The summed E-state index contributed by atoms with van der Waals surface area (Å²) in [7, 11) is 1.61. The van der Waals surface area contributed by atoms with Gasteiger partial charge in [0.15, 0.2) is 5.13 Å². The number of hydrogen-bond acceptors (Lipinski definition) is 7. The van der Waals surface area contributed by atoms with Crippen LogP contribution in [-0.2, 0) is 9.59 Å². The number of ether oxygens (including phenoxy) is 1. The van der Waals surface area contributed by atoms with Gasteiger partial charge in [-0.2, -0.15) is 0 Å². The third-order valence-electron chi connectivity index (χ3n) is 7.53. The molecule has 0 saturated heterocycles. The largest absolute Gasteiger partial charge is 0.496 e. The van der Waals surface area contributed by atoms with Gasteiger partial charge >= 0.3 is 0 Å². The van der Waals surface area contributed by atoms with Crippen molar-refractivity contribution in [3.63, 3.8) is 0 Å². The summed E-state index contributed by atoms with van der Waals surface area (Å²) in [5.74, 6) is -0.409. The van der Waals surface area contributed by atoms with Crippen LogP contribution in [0.4, 0.5) is 10.8 Å². The van der Waals surface area contributed by atoms with Crippen LogP contribution in [0.5, 0.6) is 5.75 Å². The lowest BCUT2D eigenvalue weighted by molar-refractivity contribution is -0.116. The number of thioether (sulfide) groups is 1. The minimum Gasteiger partial charge on any atom is -0.496 e. The molecule has 1 aromatic heterocycles. The van der Waals surface area contributed by atoms with E-state index >= 15 is 0 Å². The molecule has 1 heterocycles. The lowest BCUT2D eigenvalue weighted by Gasteiger charge is -2.17. The Morgan fingerprint density at radius 2 is 1.47 bits per heavy atom. The Morgan fingerprint density at radius 3 is 2.18 bits per heavy atom. The Balaban J connectivity index is 1.17. The van der Waals surface area contributed by atoms with Crippen LogP contribution in [0.25, 0.3) is 17.3 Å². The van der Waals surface area contributed by atoms with Crippen LogP contribution in [0.1, 0.15) is 26.7 Å². The molecule has 0 fully saturated rings. The Morgan fingerprint density at radius 1 is 0.804 bits per heavy atom. The molecule has 11 heteroatoms. The smallest absolute Gasteiger partial charge is 0.272 e. The first-order valence-electron chi connectivity index (χ1n) is 15.7. The predicted molar refractivity (Wildman–Crippen MR) is 209 cm³/mol. The molecule has 8 nitrogen and oxygen atoms in total. The van der Waals surface area contributed by atoms with Crippen LogP contribution in [-0.4, -0.2) is 29.8 Å². The normalized spacial score (nSPS) is 11.7. The second-order valence-electron chi connectivity index (χ2n) is 11.0. The van der Waals surface area contributed by atoms with Crippen molar-refractivity contribution in [2.45, 2.75) is 10.1 Å². The summed E-state index contributed by atoms with van der Waals surface area (Å²) < 4.78 is 6.38. The van der Waals surface area contributed by atoms with Gasteiger partial charge in [-0.25, -0.2) is 4.98 Å². The van der Waals surface area contributed by atoms with Crippen molar-refractivity contribution in [3.8, 4) is 17.0 Å². The van der Waals surface area contributed by atoms with Gasteiger partial charge in [0.1, 0.15) is 16.7 Å². The standard InChI is InChI=1S/C40H31BrN4O4S2/c1-49-35-15-9-8-14-32(35)34-25-50-40(44-34)45-39(48)36(27-10-4-2-5-11-27)51-31-22-20-30(21-23-31)42-38(47)33(24-26-16-18-29(41)19-17-26)43-37(46)28-12-6-3-7-13-28/h2-25,36H,1H3,(H,42,47)(H,43,46)(H,44,45,48)/b33-24-. The number of rotatable bonds is 12. The molecule has 6 rings (SSSR count). The number of benzene rings is 5. The fourth-order valence-electron chi connectivity index (χ4n) is 5.00. The van der Waals surface area contributed by atoms with E-state index in [4.69, 9.17) is 4.74 Å². The first-order valence-corrected chi connectivity index (χ1v) is 18.3. The van der Waals surface area contributed by atoms with Gasteiger partial charge in [0, 0.05) is 31.6 Å². The van der Waals surface area contributed by atoms with Crippen molar-refractivity contribution in [3.05, 3.63) is 166 Å². The second-order valence-corrected chi connectivity index (χ2v) is 14.0. The van der Waals surface area contributed by atoms with E-state index in [1.165, 1.54) is 23.1 Å². The lowest BCUT2D eigenvalue weighted by Crippen LogP contribution is -2.30. The van der Waals surface area contributed by atoms with E-state index in [-0.39, 0.29) is 11.6 Å². The Hall–Kier alpha value is -5.49. The Bertz CT molecular complexity index is 2160. The molecule has 0 spiro atoms. The predicted octanol–water partition coefficient (Wildman–Crippen LogP) is 9.46. The summed E-state index contributed by atoms with van der Waals surface area (Å²) in [6.45, 7) is 0. The van der Waals surface area contributed by atoms with Crippen molar-refractivity contribution in [1.29, 1.82) is 0 Å². The number of methoxy groups -OCH3 is 1.